The lowest BCUT2D eigenvalue weighted by Crippen LogP contribution is -2.15. The Labute approximate surface area is 176 Å². The van der Waals surface area contributed by atoms with E-state index in [0.29, 0.717) is 26.4 Å². The Hall–Kier alpha value is -2.76. The summed E-state index contributed by atoms with van der Waals surface area (Å²) in [6, 6.07) is 20.4. The van der Waals surface area contributed by atoms with E-state index in [-0.39, 0.29) is 18.2 Å². The second-order valence-corrected chi connectivity index (χ2v) is 6.64. The zero-order valence-electron chi connectivity index (χ0n) is 15.9. The molecule has 1 aliphatic rings. The lowest BCUT2D eigenvalue weighted by molar-refractivity contribution is 0.171. The van der Waals surface area contributed by atoms with Gasteiger partial charge in [-0.3, -0.25) is 0 Å². The van der Waals surface area contributed by atoms with Gasteiger partial charge in [0.25, 0.3) is 0 Å². The minimum Gasteiger partial charge on any atom is -0.489 e. The summed E-state index contributed by atoms with van der Waals surface area (Å²) in [7, 11) is 0. The zero-order chi connectivity index (χ0) is 19.2. The number of benzene rings is 3. The summed E-state index contributed by atoms with van der Waals surface area (Å²) in [5.41, 5.74) is 3.25. The number of rotatable bonds is 7. The van der Waals surface area contributed by atoms with E-state index >= 15 is 0 Å². The minimum atomic E-state index is -0.212. The summed E-state index contributed by atoms with van der Waals surface area (Å²) >= 11 is 0. The maximum atomic E-state index is 12.9. The molecule has 3 aromatic rings. The van der Waals surface area contributed by atoms with Crippen molar-refractivity contribution in [3.05, 3.63) is 89.2 Å². The molecule has 1 aliphatic heterocycles. The van der Waals surface area contributed by atoms with Gasteiger partial charge in [0.05, 0.1) is 0 Å². The molecule has 1 heterocycles. The summed E-state index contributed by atoms with van der Waals surface area (Å²) in [5.74, 6) is 2.16. The van der Waals surface area contributed by atoms with Crippen molar-refractivity contribution in [1.29, 1.82) is 0 Å². The van der Waals surface area contributed by atoms with E-state index in [2.05, 4.69) is 5.32 Å². The normalized spacial score (nSPS) is 12.2. The van der Waals surface area contributed by atoms with Crippen LogP contribution in [0.2, 0.25) is 0 Å². The van der Waals surface area contributed by atoms with E-state index in [1.807, 2.05) is 42.5 Å². The Kier molecular flexibility index (Phi) is 7.33. The molecule has 0 aromatic heterocycles. The monoisotopic (exact) mass is 415 g/mol. The maximum Gasteiger partial charge on any atom is 0.161 e. The van der Waals surface area contributed by atoms with Crippen molar-refractivity contribution in [1.82, 2.24) is 5.32 Å². The van der Waals surface area contributed by atoms with Crippen LogP contribution in [0.25, 0.3) is 0 Å². The molecule has 0 radical (unpaired) electrons. The Bertz CT molecular complexity index is 916. The van der Waals surface area contributed by atoms with Crippen molar-refractivity contribution in [3.8, 4) is 17.2 Å². The summed E-state index contributed by atoms with van der Waals surface area (Å²) in [5, 5.41) is 3.35. The fraction of sp³-hybridized carbons (Fsp3) is 0.217. The Morgan fingerprint density at radius 3 is 2.03 bits per heavy atom. The van der Waals surface area contributed by atoms with E-state index in [9.17, 15) is 4.39 Å². The fourth-order valence-electron chi connectivity index (χ4n) is 3.00. The van der Waals surface area contributed by atoms with E-state index in [1.54, 1.807) is 12.1 Å². The predicted molar refractivity (Wildman–Crippen MR) is 112 cm³/mol. The smallest absolute Gasteiger partial charge is 0.161 e. The van der Waals surface area contributed by atoms with Gasteiger partial charge >= 0.3 is 0 Å². The molecular weight excluding hydrogens is 393 g/mol. The van der Waals surface area contributed by atoms with E-state index in [4.69, 9.17) is 14.2 Å². The molecule has 4 nitrogen and oxygen atoms in total. The molecule has 29 heavy (non-hydrogen) atoms. The number of fused-ring (bicyclic) bond motifs is 1. The number of halogens is 2. The van der Waals surface area contributed by atoms with Crippen LogP contribution in [0.15, 0.2) is 66.7 Å². The second-order valence-electron chi connectivity index (χ2n) is 6.64. The summed E-state index contributed by atoms with van der Waals surface area (Å²) < 4.78 is 29.9. The third-order valence-corrected chi connectivity index (χ3v) is 4.51. The van der Waals surface area contributed by atoms with Crippen LogP contribution in [-0.2, 0) is 19.7 Å². The molecule has 3 aromatic carbocycles. The highest BCUT2D eigenvalue weighted by atomic mass is 35.5. The third kappa shape index (κ3) is 5.86. The zero-order valence-corrected chi connectivity index (χ0v) is 16.7. The average Bonchev–Trinajstić information content (AvgIpc) is 2.74. The topological polar surface area (TPSA) is 39.7 Å². The summed E-state index contributed by atoms with van der Waals surface area (Å²) in [4.78, 5) is 0. The van der Waals surface area contributed by atoms with Gasteiger partial charge < -0.3 is 19.5 Å². The summed E-state index contributed by atoms with van der Waals surface area (Å²) in [6.45, 7) is 3.07. The number of nitrogens with one attached hydrogen (secondary N) is 1. The van der Waals surface area contributed by atoms with Crippen molar-refractivity contribution < 1.29 is 18.6 Å². The van der Waals surface area contributed by atoms with Crippen molar-refractivity contribution in [3.63, 3.8) is 0 Å². The van der Waals surface area contributed by atoms with Gasteiger partial charge in [-0.2, -0.15) is 0 Å². The summed E-state index contributed by atoms with van der Waals surface area (Å²) in [6.07, 6.45) is 0. The van der Waals surface area contributed by atoms with Crippen molar-refractivity contribution in [2.75, 3.05) is 13.2 Å². The molecule has 6 heteroatoms. The molecule has 0 spiro atoms. The van der Waals surface area contributed by atoms with Crippen LogP contribution in [0.5, 0.6) is 17.2 Å². The molecule has 0 bridgehead atoms. The molecule has 0 unspecified atom stereocenters. The highest BCUT2D eigenvalue weighted by Gasteiger charge is 2.11. The third-order valence-electron chi connectivity index (χ3n) is 4.51. The first kappa shape index (κ1) is 21.0. The van der Waals surface area contributed by atoms with Crippen LogP contribution in [0, 0.1) is 5.82 Å². The van der Waals surface area contributed by atoms with Crippen LogP contribution < -0.4 is 19.5 Å². The number of ether oxygens (including phenoxy) is 3. The standard InChI is InChI=1S/C23H22FNO3.ClH/c24-20-6-1-17(2-7-20)14-25-15-18-3-8-21(9-4-18)28-16-19-5-10-22-23(13-19)27-12-11-26-22;/h1-10,13,25H,11-12,14-16H2;1H. The largest absolute Gasteiger partial charge is 0.489 e. The molecule has 1 N–H and O–H groups in total. The molecule has 0 atom stereocenters. The first-order valence-electron chi connectivity index (χ1n) is 9.32. The first-order valence-corrected chi connectivity index (χ1v) is 9.32. The molecule has 152 valence electrons. The van der Waals surface area contributed by atoms with Gasteiger partial charge in [-0.05, 0) is 53.1 Å². The second kappa shape index (κ2) is 10.1. The average molecular weight is 416 g/mol. The molecule has 0 saturated heterocycles. The lowest BCUT2D eigenvalue weighted by atomic mass is 10.2. The molecule has 0 saturated carbocycles. The highest BCUT2D eigenvalue weighted by Crippen LogP contribution is 2.31. The minimum absolute atomic E-state index is 0. The molecular formula is C23H23ClFNO3. The number of hydrogen-bond acceptors (Lipinski definition) is 4. The Morgan fingerprint density at radius 1 is 0.759 bits per heavy atom. The van der Waals surface area contributed by atoms with Crippen LogP contribution in [0.1, 0.15) is 16.7 Å². The van der Waals surface area contributed by atoms with Crippen molar-refractivity contribution in [2.24, 2.45) is 0 Å². The first-order chi connectivity index (χ1) is 13.8. The molecule has 0 amide bonds. The quantitative estimate of drug-likeness (QED) is 0.596. The highest BCUT2D eigenvalue weighted by molar-refractivity contribution is 5.85. The molecule has 4 rings (SSSR count). The van der Waals surface area contributed by atoms with Gasteiger partial charge in [0.1, 0.15) is 31.4 Å². The van der Waals surface area contributed by atoms with E-state index in [1.165, 1.54) is 12.1 Å². The SMILES string of the molecule is Cl.Fc1ccc(CNCc2ccc(OCc3ccc4c(c3)OCCO4)cc2)cc1. The Morgan fingerprint density at radius 2 is 1.34 bits per heavy atom. The van der Waals surface area contributed by atoms with Crippen LogP contribution in [0.4, 0.5) is 4.39 Å². The molecule has 0 fully saturated rings. The van der Waals surface area contributed by atoms with Gasteiger partial charge in [-0.1, -0.05) is 30.3 Å². The van der Waals surface area contributed by atoms with Gasteiger partial charge in [0.2, 0.25) is 0 Å². The van der Waals surface area contributed by atoms with Gasteiger partial charge in [0.15, 0.2) is 11.5 Å². The van der Waals surface area contributed by atoms with E-state index in [0.717, 1.165) is 40.5 Å². The van der Waals surface area contributed by atoms with Crippen LogP contribution in [0.3, 0.4) is 0 Å². The van der Waals surface area contributed by atoms with Gasteiger partial charge in [-0.25, -0.2) is 4.39 Å². The van der Waals surface area contributed by atoms with Gasteiger partial charge in [0, 0.05) is 13.1 Å². The van der Waals surface area contributed by atoms with Gasteiger partial charge in [-0.15, -0.1) is 12.4 Å². The maximum absolute atomic E-state index is 12.9. The van der Waals surface area contributed by atoms with Crippen LogP contribution >= 0.6 is 12.4 Å². The predicted octanol–water partition coefficient (Wildman–Crippen LogP) is 4.89. The fourth-order valence-corrected chi connectivity index (χ4v) is 3.00. The van der Waals surface area contributed by atoms with Crippen molar-refractivity contribution >= 4 is 12.4 Å². The molecule has 0 aliphatic carbocycles. The lowest BCUT2D eigenvalue weighted by Gasteiger charge is -2.19. The van der Waals surface area contributed by atoms with E-state index < -0.39 is 0 Å². The van der Waals surface area contributed by atoms with Crippen molar-refractivity contribution in [2.45, 2.75) is 19.7 Å². The van der Waals surface area contributed by atoms with Crippen LogP contribution in [-0.4, -0.2) is 13.2 Å². The Balaban J connectivity index is 0.00000240. The number of hydrogen-bond donors (Lipinski definition) is 1.